The lowest BCUT2D eigenvalue weighted by Gasteiger charge is -2.40. The Morgan fingerprint density at radius 1 is 1.21 bits per heavy atom. The van der Waals surface area contributed by atoms with Crippen molar-refractivity contribution in [1.82, 2.24) is 0 Å². The zero-order valence-corrected chi connectivity index (χ0v) is 8.87. The van der Waals surface area contributed by atoms with Gasteiger partial charge < -0.3 is 4.48 Å². The van der Waals surface area contributed by atoms with Crippen molar-refractivity contribution in [2.24, 2.45) is 0 Å². The maximum atomic E-state index is 2.44. The highest BCUT2D eigenvalue weighted by Gasteiger charge is 2.42. The summed E-state index contributed by atoms with van der Waals surface area (Å²) in [6.07, 6.45) is 4.09. The molecule has 2 aliphatic rings. The maximum absolute atomic E-state index is 2.44. The Bertz CT molecular complexity index is 358. The Morgan fingerprint density at radius 2 is 2.07 bits per heavy atom. The molecule has 1 saturated heterocycles. The lowest BCUT2D eigenvalue weighted by molar-refractivity contribution is -0.928. The Balaban J connectivity index is 2.10. The molecule has 0 bridgehead atoms. The van der Waals surface area contributed by atoms with E-state index in [1.54, 1.807) is 11.1 Å². The number of nitrogens with zero attached hydrogens (tertiary/aromatic N) is 1. The van der Waals surface area contributed by atoms with Gasteiger partial charge in [-0.2, -0.15) is 0 Å². The van der Waals surface area contributed by atoms with E-state index >= 15 is 0 Å². The smallest absolute Gasteiger partial charge is 0.115 e. The number of likely N-dealkylation sites (N-methyl/N-ethyl adjacent to an activating group) is 1. The van der Waals surface area contributed by atoms with Crippen molar-refractivity contribution < 1.29 is 4.48 Å². The molecule has 3 rings (SSSR count). The second-order valence-electron chi connectivity index (χ2n) is 5.03. The summed E-state index contributed by atoms with van der Waals surface area (Å²) in [7, 11) is 2.44. The van der Waals surface area contributed by atoms with Gasteiger partial charge in [-0.15, -0.1) is 0 Å². The van der Waals surface area contributed by atoms with Crippen molar-refractivity contribution in [3.05, 3.63) is 35.4 Å². The van der Waals surface area contributed by atoms with Gasteiger partial charge in [0.1, 0.15) is 6.04 Å². The van der Waals surface area contributed by atoms with Crippen molar-refractivity contribution in [2.45, 2.75) is 25.3 Å². The zero-order valence-electron chi connectivity index (χ0n) is 8.87. The number of benzene rings is 1. The molecular weight excluding hydrogens is 170 g/mol. The number of hydrogen-bond donors (Lipinski definition) is 0. The number of quaternary nitrogens is 1. The fraction of sp³-hybridized carbons (Fsp3) is 0.538. The van der Waals surface area contributed by atoms with Gasteiger partial charge in [-0.05, 0) is 5.56 Å². The Morgan fingerprint density at radius 3 is 3.00 bits per heavy atom. The lowest BCUT2D eigenvalue weighted by Crippen LogP contribution is -2.47. The topological polar surface area (TPSA) is 0 Å². The minimum absolute atomic E-state index is 0.806. The molecule has 0 saturated carbocycles. The van der Waals surface area contributed by atoms with Gasteiger partial charge in [0.15, 0.2) is 0 Å². The van der Waals surface area contributed by atoms with Crippen molar-refractivity contribution in [3.8, 4) is 0 Å². The van der Waals surface area contributed by atoms with Gasteiger partial charge >= 0.3 is 0 Å². The highest BCUT2D eigenvalue weighted by Crippen LogP contribution is 2.42. The van der Waals surface area contributed by atoms with Gasteiger partial charge in [0.2, 0.25) is 0 Å². The van der Waals surface area contributed by atoms with Crippen LogP contribution in [0.15, 0.2) is 24.3 Å². The molecule has 0 N–H and O–H groups in total. The second kappa shape index (κ2) is 2.83. The fourth-order valence-corrected chi connectivity index (χ4v) is 3.34. The SMILES string of the molecule is C[N+]12CCCC1c1ccccc1CC2. The highest BCUT2D eigenvalue weighted by molar-refractivity contribution is 5.31. The van der Waals surface area contributed by atoms with Crippen molar-refractivity contribution in [1.29, 1.82) is 0 Å². The molecule has 14 heavy (non-hydrogen) atoms. The third kappa shape index (κ3) is 1.05. The van der Waals surface area contributed by atoms with Gasteiger partial charge in [0, 0.05) is 24.8 Å². The molecule has 1 nitrogen and oxygen atoms in total. The predicted molar refractivity (Wildman–Crippen MR) is 58.0 cm³/mol. The van der Waals surface area contributed by atoms with Crippen LogP contribution < -0.4 is 0 Å². The van der Waals surface area contributed by atoms with E-state index in [-0.39, 0.29) is 0 Å². The van der Waals surface area contributed by atoms with Crippen LogP contribution in [0, 0.1) is 0 Å². The summed E-state index contributed by atoms with van der Waals surface area (Å²) in [5, 5.41) is 0. The molecule has 2 aliphatic heterocycles. The molecule has 0 amide bonds. The van der Waals surface area contributed by atoms with E-state index in [1.807, 2.05) is 0 Å². The van der Waals surface area contributed by atoms with Crippen LogP contribution in [0.2, 0.25) is 0 Å². The quantitative estimate of drug-likeness (QED) is 0.549. The molecule has 2 heterocycles. The monoisotopic (exact) mass is 188 g/mol. The number of fused-ring (bicyclic) bond motifs is 3. The molecule has 0 aromatic heterocycles. The minimum Gasteiger partial charge on any atom is -0.320 e. The lowest BCUT2D eigenvalue weighted by atomic mass is 9.91. The number of hydrogen-bond acceptors (Lipinski definition) is 0. The first-order chi connectivity index (χ1) is 6.80. The van der Waals surface area contributed by atoms with Crippen molar-refractivity contribution in [2.75, 3.05) is 20.1 Å². The van der Waals surface area contributed by atoms with Crippen LogP contribution in [0.4, 0.5) is 0 Å². The predicted octanol–water partition coefficient (Wildman–Crippen LogP) is 2.52. The third-order valence-corrected chi connectivity index (χ3v) is 4.20. The summed E-state index contributed by atoms with van der Waals surface area (Å²) in [4.78, 5) is 0. The first-order valence-electron chi connectivity index (χ1n) is 5.72. The minimum atomic E-state index is 0.806. The van der Waals surface area contributed by atoms with Gasteiger partial charge in [0.05, 0.1) is 20.1 Å². The van der Waals surface area contributed by atoms with Crippen molar-refractivity contribution >= 4 is 0 Å². The van der Waals surface area contributed by atoms with E-state index in [0.29, 0.717) is 0 Å². The summed E-state index contributed by atoms with van der Waals surface area (Å²) < 4.78 is 1.30. The van der Waals surface area contributed by atoms with Crippen LogP contribution in [-0.2, 0) is 6.42 Å². The maximum Gasteiger partial charge on any atom is 0.115 e. The summed E-state index contributed by atoms with van der Waals surface area (Å²) >= 11 is 0. The third-order valence-electron chi connectivity index (χ3n) is 4.20. The van der Waals surface area contributed by atoms with E-state index in [0.717, 1.165) is 6.04 Å². The normalized spacial score (nSPS) is 35.1. The molecule has 0 spiro atoms. The average molecular weight is 188 g/mol. The van der Waals surface area contributed by atoms with E-state index in [9.17, 15) is 0 Å². The van der Waals surface area contributed by atoms with Crippen LogP contribution in [-0.4, -0.2) is 24.6 Å². The van der Waals surface area contributed by atoms with Crippen molar-refractivity contribution in [3.63, 3.8) is 0 Å². The van der Waals surface area contributed by atoms with Crippen LogP contribution in [0.5, 0.6) is 0 Å². The molecule has 74 valence electrons. The van der Waals surface area contributed by atoms with Gasteiger partial charge in [-0.3, -0.25) is 0 Å². The standard InChI is InChI=1S/C13H18N/c1-14-9-4-7-13(14)12-6-3-2-5-11(12)8-10-14/h2-3,5-6,13H,4,7-10H2,1H3/q+1. The highest BCUT2D eigenvalue weighted by atomic mass is 15.4. The van der Waals surface area contributed by atoms with Gasteiger partial charge in [-0.1, -0.05) is 24.3 Å². The summed E-state index contributed by atoms with van der Waals surface area (Å²) in [5.74, 6) is 0. The van der Waals surface area contributed by atoms with Crippen LogP contribution in [0.3, 0.4) is 0 Å². The molecule has 1 aromatic carbocycles. The Kier molecular flexibility index (Phi) is 1.72. The van der Waals surface area contributed by atoms with Crippen LogP contribution >= 0.6 is 0 Å². The van der Waals surface area contributed by atoms with E-state index < -0.39 is 0 Å². The fourth-order valence-electron chi connectivity index (χ4n) is 3.34. The zero-order chi connectivity index (χ0) is 9.60. The molecule has 1 heteroatoms. The van der Waals surface area contributed by atoms with Crippen LogP contribution in [0.1, 0.15) is 30.0 Å². The summed E-state index contributed by atoms with van der Waals surface area (Å²) in [6.45, 7) is 2.74. The molecule has 2 unspecified atom stereocenters. The Hall–Kier alpha value is -0.820. The molecule has 0 aliphatic carbocycles. The second-order valence-corrected chi connectivity index (χ2v) is 5.03. The first-order valence-corrected chi connectivity index (χ1v) is 5.72. The van der Waals surface area contributed by atoms with E-state index in [4.69, 9.17) is 0 Å². The largest absolute Gasteiger partial charge is 0.320 e. The first kappa shape index (κ1) is 8.49. The molecular formula is C13H18N+. The van der Waals surface area contributed by atoms with Gasteiger partial charge in [-0.25, -0.2) is 0 Å². The number of rotatable bonds is 0. The molecule has 2 atom stereocenters. The molecule has 1 fully saturated rings. The average Bonchev–Trinajstić information content (AvgIpc) is 2.60. The van der Waals surface area contributed by atoms with Gasteiger partial charge in [0.25, 0.3) is 0 Å². The Labute approximate surface area is 85.9 Å². The summed E-state index contributed by atoms with van der Waals surface area (Å²) in [6, 6.07) is 9.86. The molecule has 1 aromatic rings. The summed E-state index contributed by atoms with van der Waals surface area (Å²) in [5.41, 5.74) is 3.24. The molecule has 0 radical (unpaired) electrons. The van der Waals surface area contributed by atoms with E-state index in [1.165, 1.54) is 36.8 Å². The van der Waals surface area contributed by atoms with Crippen LogP contribution in [0.25, 0.3) is 0 Å². The van der Waals surface area contributed by atoms with E-state index in [2.05, 4.69) is 31.3 Å².